The Morgan fingerprint density at radius 2 is 2.23 bits per heavy atom. The second-order valence-electron chi connectivity index (χ2n) is 2.59. The highest BCUT2D eigenvalue weighted by molar-refractivity contribution is 9.09. The van der Waals surface area contributed by atoms with E-state index in [1.165, 1.54) is 6.07 Å². The number of rotatable bonds is 3. The van der Waals surface area contributed by atoms with Gasteiger partial charge in [-0.2, -0.15) is 0 Å². The number of hydrogen-bond donors (Lipinski definition) is 1. The van der Waals surface area contributed by atoms with Gasteiger partial charge in [-0.15, -0.1) is 0 Å². The number of nitrogens with two attached hydrogens (primary N) is 1. The number of anilines is 1. The first-order valence-electron chi connectivity index (χ1n) is 3.74. The van der Waals surface area contributed by atoms with Crippen LogP contribution in [0.3, 0.4) is 0 Å². The first-order valence-corrected chi connectivity index (χ1v) is 4.86. The molecule has 0 saturated heterocycles. The summed E-state index contributed by atoms with van der Waals surface area (Å²) >= 11 is 3.28. The highest BCUT2D eigenvalue weighted by Gasteiger charge is 2.10. The third-order valence-corrected chi connectivity index (χ3v) is 2.07. The lowest BCUT2D eigenvalue weighted by molar-refractivity contribution is -0.383. The van der Waals surface area contributed by atoms with Gasteiger partial charge in [-0.3, -0.25) is 10.1 Å². The Morgan fingerprint density at radius 3 is 2.69 bits per heavy atom. The molecule has 2 N–H and O–H groups in total. The SMILES string of the molecule is Nc1cc(CCBr)ccc1[N+](=O)[O-]. The van der Waals surface area contributed by atoms with Gasteiger partial charge in [0.1, 0.15) is 5.69 Å². The number of nitro groups is 1. The molecule has 4 nitrogen and oxygen atoms in total. The van der Waals surface area contributed by atoms with Crippen molar-refractivity contribution in [1.82, 2.24) is 0 Å². The van der Waals surface area contributed by atoms with Crippen LogP contribution in [0.15, 0.2) is 18.2 Å². The van der Waals surface area contributed by atoms with Crippen molar-refractivity contribution in [2.45, 2.75) is 6.42 Å². The van der Waals surface area contributed by atoms with Crippen LogP contribution in [0, 0.1) is 10.1 Å². The lowest BCUT2D eigenvalue weighted by Crippen LogP contribution is -1.97. The molecule has 0 aliphatic carbocycles. The molecule has 13 heavy (non-hydrogen) atoms. The maximum Gasteiger partial charge on any atom is 0.292 e. The van der Waals surface area contributed by atoms with Gasteiger partial charge >= 0.3 is 0 Å². The quantitative estimate of drug-likeness (QED) is 0.383. The van der Waals surface area contributed by atoms with E-state index in [1.807, 2.05) is 0 Å². The van der Waals surface area contributed by atoms with Gasteiger partial charge in [-0.25, -0.2) is 0 Å². The van der Waals surface area contributed by atoms with Crippen LogP contribution in [0.4, 0.5) is 11.4 Å². The average Bonchev–Trinajstić information content (AvgIpc) is 2.04. The number of halogens is 1. The summed E-state index contributed by atoms with van der Waals surface area (Å²) in [5, 5.41) is 11.2. The topological polar surface area (TPSA) is 69.2 Å². The molecule has 0 heterocycles. The van der Waals surface area contributed by atoms with Gasteiger partial charge < -0.3 is 5.73 Å². The van der Waals surface area contributed by atoms with Crippen LogP contribution in [0.25, 0.3) is 0 Å². The van der Waals surface area contributed by atoms with Gasteiger partial charge in [0.05, 0.1) is 4.92 Å². The predicted octanol–water partition coefficient (Wildman–Crippen LogP) is 2.11. The fraction of sp³-hybridized carbons (Fsp3) is 0.250. The van der Waals surface area contributed by atoms with E-state index in [-0.39, 0.29) is 11.4 Å². The number of alkyl halides is 1. The summed E-state index contributed by atoms with van der Waals surface area (Å²) in [6.07, 6.45) is 0.822. The van der Waals surface area contributed by atoms with E-state index in [4.69, 9.17) is 5.73 Å². The Labute approximate surface area is 84.0 Å². The first kappa shape index (κ1) is 9.98. The largest absolute Gasteiger partial charge is 0.393 e. The van der Waals surface area contributed by atoms with Crippen molar-refractivity contribution in [3.05, 3.63) is 33.9 Å². The number of benzene rings is 1. The molecule has 0 amide bonds. The third-order valence-electron chi connectivity index (χ3n) is 1.67. The zero-order chi connectivity index (χ0) is 9.84. The minimum Gasteiger partial charge on any atom is -0.393 e. The van der Waals surface area contributed by atoms with Crippen molar-refractivity contribution in [2.24, 2.45) is 0 Å². The zero-order valence-corrected chi connectivity index (χ0v) is 8.45. The van der Waals surface area contributed by atoms with Crippen molar-refractivity contribution in [2.75, 3.05) is 11.1 Å². The Morgan fingerprint density at radius 1 is 1.54 bits per heavy atom. The Balaban J connectivity index is 2.98. The van der Waals surface area contributed by atoms with Crippen LogP contribution in [-0.2, 0) is 6.42 Å². The Kier molecular flexibility index (Phi) is 3.25. The summed E-state index contributed by atoms with van der Waals surface area (Å²) in [6, 6.07) is 4.79. The van der Waals surface area contributed by atoms with E-state index >= 15 is 0 Å². The van der Waals surface area contributed by atoms with Gasteiger partial charge in [-0.1, -0.05) is 22.0 Å². The van der Waals surface area contributed by atoms with Gasteiger partial charge in [0.2, 0.25) is 0 Å². The van der Waals surface area contributed by atoms with E-state index < -0.39 is 4.92 Å². The molecule has 0 atom stereocenters. The predicted molar refractivity (Wildman–Crippen MR) is 55.0 cm³/mol. The Hall–Kier alpha value is -1.10. The van der Waals surface area contributed by atoms with Crippen LogP contribution in [0.1, 0.15) is 5.56 Å². The first-order chi connectivity index (χ1) is 6.15. The second-order valence-corrected chi connectivity index (χ2v) is 3.38. The highest BCUT2D eigenvalue weighted by atomic mass is 79.9. The molecule has 0 fully saturated rings. The van der Waals surface area contributed by atoms with Gasteiger partial charge in [-0.05, 0) is 18.1 Å². The molecule has 1 aromatic carbocycles. The van der Waals surface area contributed by atoms with Gasteiger partial charge in [0.25, 0.3) is 5.69 Å². The summed E-state index contributed by atoms with van der Waals surface area (Å²) in [7, 11) is 0. The molecule has 0 radical (unpaired) electrons. The van der Waals surface area contributed by atoms with Gasteiger partial charge in [0.15, 0.2) is 0 Å². The number of nitro benzene ring substituents is 1. The van der Waals surface area contributed by atoms with E-state index in [9.17, 15) is 10.1 Å². The summed E-state index contributed by atoms with van der Waals surface area (Å²) in [6.45, 7) is 0. The molecular weight excluding hydrogens is 236 g/mol. The van der Waals surface area contributed by atoms with Crippen LogP contribution >= 0.6 is 15.9 Å². The summed E-state index contributed by atoms with van der Waals surface area (Å²) in [4.78, 5) is 9.93. The molecule has 0 saturated carbocycles. The fourth-order valence-corrected chi connectivity index (χ4v) is 1.49. The van der Waals surface area contributed by atoms with Gasteiger partial charge in [0, 0.05) is 11.4 Å². The van der Waals surface area contributed by atoms with Crippen LogP contribution < -0.4 is 5.73 Å². The van der Waals surface area contributed by atoms with E-state index in [0.29, 0.717) is 0 Å². The van der Waals surface area contributed by atoms with Crippen molar-refractivity contribution in [3.8, 4) is 0 Å². The second kappa shape index (κ2) is 4.23. The van der Waals surface area contributed by atoms with Crippen molar-refractivity contribution < 1.29 is 4.92 Å². The summed E-state index contributed by atoms with van der Waals surface area (Å²) < 4.78 is 0. The number of nitrogen functional groups attached to an aromatic ring is 1. The maximum absolute atomic E-state index is 10.4. The lowest BCUT2D eigenvalue weighted by atomic mass is 10.1. The highest BCUT2D eigenvalue weighted by Crippen LogP contribution is 2.22. The minimum absolute atomic E-state index is 0.0293. The minimum atomic E-state index is -0.479. The molecule has 1 aromatic rings. The van der Waals surface area contributed by atoms with E-state index in [0.717, 1.165) is 17.3 Å². The number of nitrogens with zero attached hydrogens (tertiary/aromatic N) is 1. The molecule has 0 unspecified atom stereocenters. The molecule has 0 aromatic heterocycles. The van der Waals surface area contributed by atoms with Crippen LogP contribution in [0.5, 0.6) is 0 Å². The number of aryl methyl sites for hydroxylation is 1. The normalized spacial score (nSPS) is 9.92. The maximum atomic E-state index is 10.4. The molecule has 5 heteroatoms. The monoisotopic (exact) mass is 244 g/mol. The van der Waals surface area contributed by atoms with Crippen molar-refractivity contribution >= 4 is 27.3 Å². The third kappa shape index (κ3) is 2.42. The lowest BCUT2D eigenvalue weighted by Gasteiger charge is -2.00. The van der Waals surface area contributed by atoms with Crippen LogP contribution in [-0.4, -0.2) is 10.3 Å². The number of hydrogen-bond acceptors (Lipinski definition) is 3. The molecule has 0 aliphatic rings. The van der Waals surface area contributed by atoms with E-state index in [2.05, 4.69) is 15.9 Å². The zero-order valence-electron chi connectivity index (χ0n) is 6.87. The summed E-state index contributed by atoms with van der Waals surface area (Å²) in [5.41, 5.74) is 6.69. The van der Waals surface area contributed by atoms with E-state index in [1.54, 1.807) is 12.1 Å². The summed E-state index contributed by atoms with van der Waals surface area (Å²) in [5.74, 6) is 0. The van der Waals surface area contributed by atoms with Crippen LogP contribution in [0.2, 0.25) is 0 Å². The van der Waals surface area contributed by atoms with Crippen molar-refractivity contribution in [1.29, 1.82) is 0 Å². The Bertz CT molecular complexity index is 328. The standard InChI is InChI=1S/C8H9BrN2O2/c9-4-3-6-1-2-8(11(12)13)7(10)5-6/h1-2,5H,3-4,10H2. The molecule has 1 rings (SSSR count). The molecule has 70 valence electrons. The molecular formula is C8H9BrN2O2. The fourth-order valence-electron chi connectivity index (χ4n) is 1.03. The molecule has 0 spiro atoms. The smallest absolute Gasteiger partial charge is 0.292 e. The van der Waals surface area contributed by atoms with Crippen molar-refractivity contribution in [3.63, 3.8) is 0 Å². The molecule has 0 aliphatic heterocycles. The molecule has 0 bridgehead atoms. The average molecular weight is 245 g/mol.